The Balaban J connectivity index is 2.18. The summed E-state index contributed by atoms with van der Waals surface area (Å²) in [5.74, 6) is 0. The predicted octanol–water partition coefficient (Wildman–Crippen LogP) is 6.28. The van der Waals surface area contributed by atoms with E-state index in [0.717, 1.165) is 0 Å². The Morgan fingerprint density at radius 1 is 0.545 bits per heavy atom. The quantitative estimate of drug-likeness (QED) is 0.360. The third-order valence-electron chi connectivity index (χ3n) is 4.45. The molecule has 0 saturated carbocycles. The van der Waals surface area contributed by atoms with Crippen molar-refractivity contribution < 1.29 is 0 Å². The maximum atomic E-state index is 2.33. The summed E-state index contributed by atoms with van der Waals surface area (Å²) in [7, 11) is 0. The Hall–Kier alpha value is -2.60. The second-order valence-corrected chi connectivity index (χ2v) is 6.01. The molecule has 106 valence electrons. The van der Waals surface area contributed by atoms with E-state index in [9.17, 15) is 0 Å². The molecule has 0 aliphatic heterocycles. The normalized spacial score (nSPS) is 11.2. The summed E-state index contributed by atoms with van der Waals surface area (Å²) in [5, 5.41) is 5.29. The van der Waals surface area contributed by atoms with Gasteiger partial charge in [0.15, 0.2) is 0 Å². The van der Waals surface area contributed by atoms with Crippen LogP contribution in [0, 0.1) is 13.8 Å². The molecular weight excluding hydrogens is 264 g/mol. The lowest BCUT2D eigenvalue weighted by atomic mass is 9.91. The number of aryl methyl sites for hydroxylation is 2. The molecule has 0 bridgehead atoms. The van der Waals surface area contributed by atoms with E-state index in [1.54, 1.807) is 0 Å². The highest BCUT2D eigenvalue weighted by Crippen LogP contribution is 2.36. The molecule has 0 fully saturated rings. The summed E-state index contributed by atoms with van der Waals surface area (Å²) in [6.07, 6.45) is 0. The van der Waals surface area contributed by atoms with Crippen molar-refractivity contribution in [2.75, 3.05) is 0 Å². The number of hydrogen-bond acceptors (Lipinski definition) is 0. The number of benzene rings is 4. The lowest BCUT2D eigenvalue weighted by molar-refractivity contribution is 1.40. The number of hydrogen-bond donors (Lipinski definition) is 0. The number of fused-ring (bicyclic) bond motifs is 3. The van der Waals surface area contributed by atoms with E-state index >= 15 is 0 Å². The van der Waals surface area contributed by atoms with Gasteiger partial charge in [0.25, 0.3) is 0 Å². The third-order valence-corrected chi connectivity index (χ3v) is 4.45. The highest BCUT2D eigenvalue weighted by atomic mass is 14.1. The first kappa shape index (κ1) is 13.1. The molecule has 0 heterocycles. The molecule has 0 saturated heterocycles. The molecule has 0 aliphatic carbocycles. The van der Waals surface area contributed by atoms with E-state index < -0.39 is 0 Å². The summed E-state index contributed by atoms with van der Waals surface area (Å²) >= 11 is 0. The summed E-state index contributed by atoms with van der Waals surface area (Å²) in [5.41, 5.74) is 5.29. The van der Waals surface area contributed by atoms with Crippen LogP contribution < -0.4 is 0 Å². The molecule has 0 atom stereocenters. The van der Waals surface area contributed by atoms with Gasteiger partial charge in [0.2, 0.25) is 0 Å². The maximum absolute atomic E-state index is 2.33. The van der Waals surface area contributed by atoms with E-state index in [1.165, 1.54) is 43.8 Å². The predicted molar refractivity (Wildman–Crippen MR) is 96.4 cm³/mol. The average molecular weight is 282 g/mol. The first-order chi connectivity index (χ1) is 10.7. The third kappa shape index (κ3) is 2.00. The molecule has 0 heteroatoms. The Morgan fingerprint density at radius 2 is 1.23 bits per heavy atom. The zero-order valence-electron chi connectivity index (χ0n) is 12.9. The van der Waals surface area contributed by atoms with Crippen molar-refractivity contribution in [1.29, 1.82) is 0 Å². The SMILES string of the molecule is Cc1ccc(C)c(-c2cc3ccccc3c3ccccc23)c1. The van der Waals surface area contributed by atoms with Crippen LogP contribution in [0.1, 0.15) is 11.1 Å². The molecule has 0 unspecified atom stereocenters. The Bertz CT molecular complexity index is 993. The Kier molecular flexibility index (Phi) is 2.97. The lowest BCUT2D eigenvalue weighted by Gasteiger charge is -2.13. The van der Waals surface area contributed by atoms with Crippen LogP contribution in [0.3, 0.4) is 0 Å². The van der Waals surface area contributed by atoms with E-state index in [1.807, 2.05) is 0 Å². The van der Waals surface area contributed by atoms with Gasteiger partial charge < -0.3 is 0 Å². The van der Waals surface area contributed by atoms with Gasteiger partial charge in [0.1, 0.15) is 0 Å². The second kappa shape index (κ2) is 4.99. The molecular formula is C22H18. The number of rotatable bonds is 1. The van der Waals surface area contributed by atoms with Gasteiger partial charge in [-0.05, 0) is 58.1 Å². The monoisotopic (exact) mass is 282 g/mol. The van der Waals surface area contributed by atoms with Crippen LogP contribution in [0.15, 0.2) is 72.8 Å². The molecule has 4 rings (SSSR count). The molecule has 0 nitrogen and oxygen atoms in total. The minimum Gasteiger partial charge on any atom is -0.0616 e. The Morgan fingerprint density at radius 3 is 2.05 bits per heavy atom. The van der Waals surface area contributed by atoms with Crippen LogP contribution in [0.4, 0.5) is 0 Å². The molecule has 0 aromatic heterocycles. The standard InChI is InChI=1S/C22H18/c1-15-11-12-16(2)21(13-15)22-14-17-7-3-4-8-18(17)19-9-5-6-10-20(19)22/h3-14H,1-2H3. The van der Waals surface area contributed by atoms with E-state index in [4.69, 9.17) is 0 Å². The first-order valence-corrected chi connectivity index (χ1v) is 7.72. The van der Waals surface area contributed by atoms with Crippen molar-refractivity contribution >= 4 is 21.5 Å². The van der Waals surface area contributed by atoms with Gasteiger partial charge in [0.05, 0.1) is 0 Å². The molecule has 0 radical (unpaired) electrons. The van der Waals surface area contributed by atoms with Gasteiger partial charge in [-0.25, -0.2) is 0 Å². The molecule has 4 aromatic rings. The van der Waals surface area contributed by atoms with Gasteiger partial charge in [0, 0.05) is 0 Å². The molecule has 0 N–H and O–H groups in total. The van der Waals surface area contributed by atoms with Gasteiger partial charge in [-0.1, -0.05) is 72.3 Å². The molecule has 0 amide bonds. The van der Waals surface area contributed by atoms with Crippen molar-refractivity contribution in [1.82, 2.24) is 0 Å². The summed E-state index contributed by atoms with van der Waals surface area (Å²) in [4.78, 5) is 0. The van der Waals surface area contributed by atoms with Gasteiger partial charge in [-0.2, -0.15) is 0 Å². The minimum atomic E-state index is 1.30. The van der Waals surface area contributed by atoms with Crippen LogP contribution >= 0.6 is 0 Å². The molecule has 4 aromatic carbocycles. The zero-order chi connectivity index (χ0) is 15.1. The van der Waals surface area contributed by atoms with Crippen molar-refractivity contribution in [3.05, 3.63) is 83.9 Å². The van der Waals surface area contributed by atoms with Crippen LogP contribution in [0.2, 0.25) is 0 Å². The highest BCUT2D eigenvalue weighted by Gasteiger charge is 2.10. The van der Waals surface area contributed by atoms with Gasteiger partial charge in [-0.15, -0.1) is 0 Å². The summed E-state index contributed by atoms with van der Waals surface area (Å²) < 4.78 is 0. The fraction of sp³-hybridized carbons (Fsp3) is 0.0909. The first-order valence-electron chi connectivity index (χ1n) is 7.72. The smallest absolute Gasteiger partial charge is 0.00963 e. The van der Waals surface area contributed by atoms with E-state index in [2.05, 4.69) is 86.6 Å². The van der Waals surface area contributed by atoms with E-state index in [0.29, 0.717) is 0 Å². The van der Waals surface area contributed by atoms with Crippen LogP contribution in [-0.4, -0.2) is 0 Å². The average Bonchev–Trinajstić information content (AvgIpc) is 2.56. The van der Waals surface area contributed by atoms with Crippen LogP contribution in [0.25, 0.3) is 32.7 Å². The topological polar surface area (TPSA) is 0 Å². The fourth-order valence-electron chi connectivity index (χ4n) is 3.30. The maximum Gasteiger partial charge on any atom is -0.00963 e. The highest BCUT2D eigenvalue weighted by molar-refractivity contribution is 6.13. The minimum absolute atomic E-state index is 1.30. The summed E-state index contributed by atoms with van der Waals surface area (Å²) in [6, 6.07) is 26.4. The van der Waals surface area contributed by atoms with Crippen molar-refractivity contribution in [2.24, 2.45) is 0 Å². The summed E-state index contributed by atoms with van der Waals surface area (Å²) in [6.45, 7) is 4.35. The van der Waals surface area contributed by atoms with Gasteiger partial charge >= 0.3 is 0 Å². The molecule has 0 aliphatic rings. The Labute approximate surface area is 131 Å². The zero-order valence-corrected chi connectivity index (χ0v) is 12.9. The second-order valence-electron chi connectivity index (χ2n) is 6.01. The molecule has 0 spiro atoms. The van der Waals surface area contributed by atoms with Crippen molar-refractivity contribution in [3.63, 3.8) is 0 Å². The van der Waals surface area contributed by atoms with E-state index in [-0.39, 0.29) is 0 Å². The largest absolute Gasteiger partial charge is 0.0616 e. The van der Waals surface area contributed by atoms with Crippen LogP contribution in [0.5, 0.6) is 0 Å². The van der Waals surface area contributed by atoms with Crippen molar-refractivity contribution in [3.8, 4) is 11.1 Å². The van der Waals surface area contributed by atoms with Crippen LogP contribution in [-0.2, 0) is 0 Å². The lowest BCUT2D eigenvalue weighted by Crippen LogP contribution is -1.88. The van der Waals surface area contributed by atoms with Crippen molar-refractivity contribution in [2.45, 2.75) is 13.8 Å². The van der Waals surface area contributed by atoms with Gasteiger partial charge in [-0.3, -0.25) is 0 Å². The fourth-order valence-corrected chi connectivity index (χ4v) is 3.30. The molecule has 22 heavy (non-hydrogen) atoms.